The number of likely N-dealkylation sites (tertiary alicyclic amines) is 1. The number of hydrogen-bond donors (Lipinski definition) is 1. The van der Waals surface area contributed by atoms with Gasteiger partial charge < -0.3 is 19.5 Å². The quantitative estimate of drug-likeness (QED) is 0.752. The van der Waals surface area contributed by atoms with Crippen LogP contribution in [0.5, 0.6) is 0 Å². The summed E-state index contributed by atoms with van der Waals surface area (Å²) in [6.45, 7) is -0.0311. The third-order valence-electron chi connectivity index (χ3n) is 7.50. The number of benzene rings is 1. The molecule has 1 N–H and O–H groups in total. The lowest BCUT2D eigenvalue weighted by Crippen LogP contribution is -2.50. The largest absolute Gasteiger partial charge is 0.396 e. The van der Waals surface area contributed by atoms with E-state index < -0.39 is 29.7 Å². The number of rotatable bonds is 4. The molecule has 3 heterocycles. The third-order valence-corrected chi connectivity index (χ3v) is 7.50. The van der Waals surface area contributed by atoms with Crippen molar-refractivity contribution in [3.63, 3.8) is 0 Å². The lowest BCUT2D eigenvalue weighted by Gasteiger charge is -2.32. The van der Waals surface area contributed by atoms with Crippen molar-refractivity contribution < 1.29 is 19.1 Å². The second kappa shape index (κ2) is 8.51. The highest BCUT2D eigenvalue weighted by Gasteiger charge is 2.58. The van der Waals surface area contributed by atoms with Crippen molar-refractivity contribution in [1.82, 2.24) is 14.4 Å². The summed E-state index contributed by atoms with van der Waals surface area (Å²) in [5, 5.41) is 10.3. The fourth-order valence-corrected chi connectivity index (χ4v) is 5.89. The predicted molar refractivity (Wildman–Crippen MR) is 124 cm³/mol. The third kappa shape index (κ3) is 3.31. The molecule has 0 radical (unpaired) electrons. The number of fused-ring (bicyclic) bond motifs is 3. The Balaban J connectivity index is 1.65. The van der Waals surface area contributed by atoms with Gasteiger partial charge in [-0.05, 0) is 49.1 Å². The molecule has 1 fully saturated rings. The van der Waals surface area contributed by atoms with Gasteiger partial charge in [-0.2, -0.15) is 0 Å². The Bertz CT molecular complexity index is 1250. The molecule has 7 nitrogen and oxygen atoms in total. The van der Waals surface area contributed by atoms with Gasteiger partial charge in [-0.3, -0.25) is 14.4 Å². The Morgan fingerprint density at radius 3 is 2.59 bits per heavy atom. The van der Waals surface area contributed by atoms with Crippen LogP contribution >= 0.6 is 0 Å². The maximum Gasteiger partial charge on any atom is 0.258 e. The summed E-state index contributed by atoms with van der Waals surface area (Å²) < 4.78 is 16.3. The lowest BCUT2D eigenvalue weighted by molar-refractivity contribution is -0.134. The summed E-state index contributed by atoms with van der Waals surface area (Å²) in [4.78, 5) is 43.2. The molecule has 1 saturated heterocycles. The van der Waals surface area contributed by atoms with Crippen molar-refractivity contribution in [2.45, 2.75) is 37.9 Å². The molecule has 0 unspecified atom stereocenters. The summed E-state index contributed by atoms with van der Waals surface area (Å²) in [5.74, 6) is -2.54. The molecule has 0 bridgehead atoms. The van der Waals surface area contributed by atoms with Crippen molar-refractivity contribution in [2.75, 3.05) is 20.7 Å². The van der Waals surface area contributed by atoms with Crippen molar-refractivity contribution >= 4 is 17.4 Å². The number of allylic oxidation sites excluding steroid dienone is 2. The summed E-state index contributed by atoms with van der Waals surface area (Å²) in [6, 6.07) is 7.76. The van der Waals surface area contributed by atoms with Crippen LogP contribution in [0.15, 0.2) is 47.3 Å². The molecule has 34 heavy (non-hydrogen) atoms. The molecular formula is C26H28FN3O4. The Labute approximate surface area is 197 Å². The van der Waals surface area contributed by atoms with Crippen LogP contribution in [0.1, 0.15) is 46.9 Å². The highest BCUT2D eigenvalue weighted by Crippen LogP contribution is 2.50. The number of likely N-dealkylation sites (N-methyl/N-ethyl adjacent to an activating group) is 1. The number of nitrogens with zero attached hydrogens (tertiary/aromatic N) is 3. The number of carbonyl (C=O) groups is 2. The van der Waals surface area contributed by atoms with Gasteiger partial charge in [0, 0.05) is 50.3 Å². The van der Waals surface area contributed by atoms with E-state index in [9.17, 15) is 23.9 Å². The van der Waals surface area contributed by atoms with E-state index in [0.717, 1.165) is 24.8 Å². The normalized spacial score (nSPS) is 25.2. The van der Waals surface area contributed by atoms with Crippen LogP contribution in [0.3, 0.4) is 0 Å². The predicted octanol–water partition coefficient (Wildman–Crippen LogP) is 2.45. The van der Waals surface area contributed by atoms with Gasteiger partial charge in [0.2, 0.25) is 5.91 Å². The molecule has 8 heteroatoms. The standard InChI is InChI=1S/C26H28FN3O4/c1-28(2)26(34)23-19(14-31)18-13-29-21(12-11-16(24(29)32)15-7-3-4-8-15)22(18)30(23)25(33)17-9-5-6-10-20(17)27/h5-7,9-12,18-19,22-23,31H,3-4,8,13-14H2,1-2H3/t18-,19-,22+,23-/m1/s1. The second-order valence-corrected chi connectivity index (χ2v) is 9.53. The number of carbonyl (C=O) groups excluding carboxylic acids is 2. The first-order chi connectivity index (χ1) is 16.3. The van der Waals surface area contributed by atoms with Gasteiger partial charge in [0.05, 0.1) is 11.6 Å². The van der Waals surface area contributed by atoms with Crippen LogP contribution in [0, 0.1) is 17.7 Å². The molecular weight excluding hydrogens is 437 g/mol. The number of aliphatic hydroxyl groups excluding tert-OH is 1. The van der Waals surface area contributed by atoms with Gasteiger partial charge >= 0.3 is 0 Å². The van der Waals surface area contributed by atoms with Crippen molar-refractivity contribution in [3.8, 4) is 0 Å². The topological polar surface area (TPSA) is 82.8 Å². The van der Waals surface area contributed by atoms with E-state index in [1.165, 1.54) is 28.0 Å². The van der Waals surface area contributed by atoms with E-state index in [0.29, 0.717) is 17.8 Å². The fraction of sp³-hybridized carbons (Fsp3) is 0.423. The first-order valence-corrected chi connectivity index (χ1v) is 11.7. The number of hydrogen-bond acceptors (Lipinski definition) is 4. The molecule has 0 spiro atoms. The van der Waals surface area contributed by atoms with E-state index >= 15 is 0 Å². The molecule has 2 amide bonds. The Morgan fingerprint density at radius 1 is 1.18 bits per heavy atom. The number of aliphatic hydroxyl groups is 1. The molecule has 1 aromatic carbocycles. The number of halogens is 1. The maximum atomic E-state index is 14.6. The van der Waals surface area contributed by atoms with Gasteiger partial charge in [0.15, 0.2) is 0 Å². The van der Waals surface area contributed by atoms with Crippen LogP contribution in [-0.2, 0) is 11.3 Å². The van der Waals surface area contributed by atoms with Gasteiger partial charge in [0.1, 0.15) is 11.9 Å². The summed E-state index contributed by atoms with van der Waals surface area (Å²) >= 11 is 0. The zero-order valence-corrected chi connectivity index (χ0v) is 19.3. The molecule has 3 aliphatic rings. The molecule has 5 rings (SSSR count). The zero-order valence-electron chi connectivity index (χ0n) is 19.3. The monoisotopic (exact) mass is 465 g/mol. The van der Waals surface area contributed by atoms with Gasteiger partial charge in [-0.1, -0.05) is 18.2 Å². The van der Waals surface area contributed by atoms with Crippen LogP contribution < -0.4 is 5.56 Å². The Hall–Kier alpha value is -3.26. The Morgan fingerprint density at radius 2 is 1.94 bits per heavy atom. The molecule has 2 aliphatic heterocycles. The van der Waals surface area contributed by atoms with Crippen LogP contribution in [0.25, 0.3) is 5.57 Å². The van der Waals surface area contributed by atoms with Crippen LogP contribution in [-0.4, -0.2) is 58.0 Å². The molecule has 1 aromatic heterocycles. The van der Waals surface area contributed by atoms with E-state index in [1.807, 2.05) is 6.07 Å². The maximum absolute atomic E-state index is 14.6. The highest BCUT2D eigenvalue weighted by atomic mass is 19.1. The average Bonchev–Trinajstić information content (AvgIpc) is 3.54. The molecule has 178 valence electrons. The average molecular weight is 466 g/mol. The van der Waals surface area contributed by atoms with Crippen LogP contribution in [0.2, 0.25) is 0 Å². The van der Waals surface area contributed by atoms with Gasteiger partial charge in [-0.25, -0.2) is 4.39 Å². The SMILES string of the molecule is CN(C)C(=O)[C@H]1[C@H](CO)[C@H]2Cn3c(ccc(C4=CCCC4)c3=O)[C@H]2N1C(=O)c1ccccc1F. The van der Waals surface area contributed by atoms with Gasteiger partial charge in [0.25, 0.3) is 11.5 Å². The van der Waals surface area contributed by atoms with Gasteiger partial charge in [-0.15, -0.1) is 0 Å². The number of amides is 2. The lowest BCUT2D eigenvalue weighted by atomic mass is 9.88. The fourth-order valence-electron chi connectivity index (χ4n) is 5.89. The van der Waals surface area contributed by atoms with E-state index in [4.69, 9.17) is 0 Å². The van der Waals surface area contributed by atoms with Crippen LogP contribution in [0.4, 0.5) is 4.39 Å². The molecule has 2 aromatic rings. The minimum Gasteiger partial charge on any atom is -0.396 e. The van der Waals surface area contributed by atoms with Crippen molar-refractivity contribution in [2.24, 2.45) is 11.8 Å². The first-order valence-electron chi connectivity index (χ1n) is 11.7. The van der Waals surface area contributed by atoms with E-state index in [1.54, 1.807) is 30.8 Å². The minimum absolute atomic E-state index is 0.120. The molecule has 1 aliphatic carbocycles. The summed E-state index contributed by atoms with van der Waals surface area (Å²) in [5.41, 5.74) is 2.07. The Kier molecular flexibility index (Phi) is 5.64. The van der Waals surface area contributed by atoms with Crippen molar-refractivity contribution in [1.29, 1.82) is 0 Å². The first kappa shape index (κ1) is 22.5. The van der Waals surface area contributed by atoms with Crippen molar-refractivity contribution in [3.05, 3.63) is 75.5 Å². The number of pyridine rings is 1. The number of aromatic nitrogens is 1. The molecule has 4 atom stereocenters. The smallest absolute Gasteiger partial charge is 0.258 e. The summed E-state index contributed by atoms with van der Waals surface area (Å²) in [7, 11) is 3.19. The van der Waals surface area contributed by atoms with E-state index in [-0.39, 0.29) is 29.6 Å². The summed E-state index contributed by atoms with van der Waals surface area (Å²) in [6.07, 6.45) is 4.93. The highest BCUT2D eigenvalue weighted by molar-refractivity contribution is 5.98. The minimum atomic E-state index is -0.955. The second-order valence-electron chi connectivity index (χ2n) is 9.53. The molecule has 0 saturated carbocycles. The van der Waals surface area contributed by atoms with E-state index in [2.05, 4.69) is 6.08 Å². The zero-order chi connectivity index (χ0) is 24.1.